The average molecular weight is 200 g/mol. The van der Waals surface area contributed by atoms with Crippen LogP contribution in [0.15, 0.2) is 0 Å². The molecule has 0 aromatic heterocycles. The SMILES string of the molecule is CCCCNC(=O)C(C)(C)C(=O)NC. The van der Waals surface area contributed by atoms with Crippen LogP contribution in [0.5, 0.6) is 0 Å². The molecule has 0 heterocycles. The zero-order valence-corrected chi connectivity index (χ0v) is 9.44. The Balaban J connectivity index is 4.15. The first-order valence-corrected chi connectivity index (χ1v) is 4.97. The number of nitrogens with one attached hydrogen (secondary N) is 2. The summed E-state index contributed by atoms with van der Waals surface area (Å²) in [4.78, 5) is 22.9. The average Bonchev–Trinajstić information content (AvgIpc) is 2.16. The fraction of sp³-hybridized carbons (Fsp3) is 0.800. The van der Waals surface area contributed by atoms with Gasteiger partial charge in [-0.05, 0) is 20.3 Å². The Morgan fingerprint density at radius 1 is 1.21 bits per heavy atom. The Morgan fingerprint density at radius 2 is 1.79 bits per heavy atom. The van der Waals surface area contributed by atoms with Crippen LogP contribution in [-0.2, 0) is 9.59 Å². The van der Waals surface area contributed by atoms with E-state index in [2.05, 4.69) is 17.6 Å². The number of hydrogen-bond donors (Lipinski definition) is 2. The minimum atomic E-state index is -0.984. The van der Waals surface area contributed by atoms with E-state index >= 15 is 0 Å². The fourth-order valence-corrected chi connectivity index (χ4v) is 1.02. The van der Waals surface area contributed by atoms with Crippen molar-refractivity contribution in [1.29, 1.82) is 0 Å². The molecule has 0 aliphatic carbocycles. The van der Waals surface area contributed by atoms with Crippen molar-refractivity contribution in [3.63, 3.8) is 0 Å². The molecule has 14 heavy (non-hydrogen) atoms. The summed E-state index contributed by atoms with van der Waals surface area (Å²) in [5.74, 6) is -0.475. The lowest BCUT2D eigenvalue weighted by Crippen LogP contribution is -2.47. The van der Waals surface area contributed by atoms with Crippen LogP contribution < -0.4 is 10.6 Å². The van der Waals surface area contributed by atoms with Gasteiger partial charge >= 0.3 is 0 Å². The minimum Gasteiger partial charge on any atom is -0.358 e. The summed E-state index contributed by atoms with van der Waals surface area (Å²) in [6.45, 7) is 5.92. The van der Waals surface area contributed by atoms with E-state index in [0.29, 0.717) is 6.54 Å². The molecule has 0 saturated carbocycles. The van der Waals surface area contributed by atoms with E-state index in [9.17, 15) is 9.59 Å². The Kier molecular flexibility index (Phi) is 5.20. The van der Waals surface area contributed by atoms with Crippen LogP contribution in [0.2, 0.25) is 0 Å². The third-order valence-electron chi connectivity index (χ3n) is 2.18. The van der Waals surface area contributed by atoms with E-state index < -0.39 is 5.41 Å². The van der Waals surface area contributed by atoms with Crippen LogP contribution in [0.1, 0.15) is 33.6 Å². The van der Waals surface area contributed by atoms with Gasteiger partial charge in [0.15, 0.2) is 0 Å². The molecule has 0 unspecified atom stereocenters. The molecule has 0 spiro atoms. The van der Waals surface area contributed by atoms with Crippen molar-refractivity contribution in [2.24, 2.45) is 5.41 Å². The van der Waals surface area contributed by atoms with E-state index in [1.165, 1.54) is 7.05 Å². The first-order chi connectivity index (χ1) is 6.46. The van der Waals surface area contributed by atoms with Crippen molar-refractivity contribution in [1.82, 2.24) is 10.6 Å². The van der Waals surface area contributed by atoms with Crippen LogP contribution in [0.3, 0.4) is 0 Å². The molecule has 0 bridgehead atoms. The maximum Gasteiger partial charge on any atom is 0.235 e. The number of rotatable bonds is 5. The highest BCUT2D eigenvalue weighted by Crippen LogP contribution is 2.14. The van der Waals surface area contributed by atoms with E-state index in [-0.39, 0.29) is 11.8 Å². The van der Waals surface area contributed by atoms with Crippen molar-refractivity contribution >= 4 is 11.8 Å². The van der Waals surface area contributed by atoms with Crippen LogP contribution in [0, 0.1) is 5.41 Å². The van der Waals surface area contributed by atoms with Crippen molar-refractivity contribution < 1.29 is 9.59 Å². The van der Waals surface area contributed by atoms with Crippen molar-refractivity contribution in [2.45, 2.75) is 33.6 Å². The topological polar surface area (TPSA) is 58.2 Å². The molecule has 82 valence electrons. The van der Waals surface area contributed by atoms with Crippen molar-refractivity contribution in [2.75, 3.05) is 13.6 Å². The van der Waals surface area contributed by atoms with E-state index in [1.54, 1.807) is 13.8 Å². The lowest BCUT2D eigenvalue weighted by molar-refractivity contribution is -0.141. The van der Waals surface area contributed by atoms with Crippen LogP contribution in [0.25, 0.3) is 0 Å². The fourth-order valence-electron chi connectivity index (χ4n) is 1.02. The highest BCUT2D eigenvalue weighted by molar-refractivity contribution is 6.04. The second-order valence-corrected chi connectivity index (χ2v) is 3.81. The van der Waals surface area contributed by atoms with Gasteiger partial charge < -0.3 is 10.6 Å². The largest absolute Gasteiger partial charge is 0.358 e. The Hall–Kier alpha value is -1.06. The summed E-state index contributed by atoms with van der Waals surface area (Å²) in [6, 6.07) is 0. The zero-order chi connectivity index (χ0) is 11.2. The number of carbonyl (C=O) groups is 2. The molecule has 0 radical (unpaired) electrons. The van der Waals surface area contributed by atoms with Crippen LogP contribution in [0.4, 0.5) is 0 Å². The predicted octanol–water partition coefficient (Wildman–Crippen LogP) is 0.675. The van der Waals surface area contributed by atoms with E-state index in [0.717, 1.165) is 12.8 Å². The maximum atomic E-state index is 11.6. The van der Waals surface area contributed by atoms with Gasteiger partial charge in [-0.3, -0.25) is 9.59 Å². The monoisotopic (exact) mass is 200 g/mol. The van der Waals surface area contributed by atoms with Gasteiger partial charge in [-0.1, -0.05) is 13.3 Å². The summed E-state index contributed by atoms with van der Waals surface area (Å²) in [5.41, 5.74) is -0.984. The van der Waals surface area contributed by atoms with E-state index in [1.807, 2.05) is 0 Å². The van der Waals surface area contributed by atoms with E-state index in [4.69, 9.17) is 0 Å². The second-order valence-electron chi connectivity index (χ2n) is 3.81. The van der Waals surface area contributed by atoms with Gasteiger partial charge in [-0.15, -0.1) is 0 Å². The van der Waals surface area contributed by atoms with Gasteiger partial charge in [0, 0.05) is 13.6 Å². The second kappa shape index (κ2) is 5.62. The smallest absolute Gasteiger partial charge is 0.235 e. The molecule has 4 nitrogen and oxygen atoms in total. The molecule has 0 aromatic carbocycles. The minimum absolute atomic E-state index is 0.217. The predicted molar refractivity (Wildman–Crippen MR) is 55.8 cm³/mol. The number of carbonyl (C=O) groups excluding carboxylic acids is 2. The standard InChI is InChI=1S/C10H20N2O2/c1-5-6-7-12-9(14)10(2,3)8(13)11-4/h5-7H2,1-4H3,(H,11,13)(H,12,14). The quantitative estimate of drug-likeness (QED) is 0.506. The number of amides is 2. The molecule has 2 amide bonds. The summed E-state index contributed by atoms with van der Waals surface area (Å²) in [5, 5.41) is 5.22. The Labute approximate surface area is 85.4 Å². The van der Waals surface area contributed by atoms with Gasteiger partial charge in [0.1, 0.15) is 5.41 Å². The zero-order valence-electron chi connectivity index (χ0n) is 9.44. The van der Waals surface area contributed by atoms with Crippen molar-refractivity contribution in [3.05, 3.63) is 0 Å². The molecule has 0 aliphatic heterocycles. The summed E-state index contributed by atoms with van der Waals surface area (Å²) in [7, 11) is 1.53. The molecule has 4 heteroatoms. The summed E-state index contributed by atoms with van der Waals surface area (Å²) < 4.78 is 0. The molecule has 0 atom stereocenters. The molecular formula is C10H20N2O2. The lowest BCUT2D eigenvalue weighted by atomic mass is 9.91. The number of unbranched alkanes of at least 4 members (excludes halogenated alkanes) is 1. The Morgan fingerprint density at radius 3 is 2.21 bits per heavy atom. The van der Waals surface area contributed by atoms with Gasteiger partial charge in [-0.25, -0.2) is 0 Å². The van der Waals surface area contributed by atoms with Gasteiger partial charge in [0.05, 0.1) is 0 Å². The number of hydrogen-bond acceptors (Lipinski definition) is 2. The Bertz CT molecular complexity index is 212. The first-order valence-electron chi connectivity index (χ1n) is 4.97. The van der Waals surface area contributed by atoms with Crippen LogP contribution in [-0.4, -0.2) is 25.4 Å². The van der Waals surface area contributed by atoms with Gasteiger partial charge in [-0.2, -0.15) is 0 Å². The maximum absolute atomic E-state index is 11.6. The van der Waals surface area contributed by atoms with Crippen molar-refractivity contribution in [3.8, 4) is 0 Å². The normalized spacial score (nSPS) is 10.9. The molecule has 0 fully saturated rings. The van der Waals surface area contributed by atoms with Crippen LogP contribution >= 0.6 is 0 Å². The molecule has 0 rings (SSSR count). The molecule has 0 saturated heterocycles. The van der Waals surface area contributed by atoms with Gasteiger partial charge in [0.25, 0.3) is 0 Å². The highest BCUT2D eigenvalue weighted by Gasteiger charge is 2.34. The molecule has 0 aromatic rings. The molecule has 2 N–H and O–H groups in total. The lowest BCUT2D eigenvalue weighted by Gasteiger charge is -2.21. The van der Waals surface area contributed by atoms with Gasteiger partial charge in [0.2, 0.25) is 11.8 Å². The summed E-state index contributed by atoms with van der Waals surface area (Å²) >= 11 is 0. The third-order valence-corrected chi connectivity index (χ3v) is 2.18. The highest BCUT2D eigenvalue weighted by atomic mass is 16.2. The first kappa shape index (κ1) is 12.9. The molecular weight excluding hydrogens is 180 g/mol. The third kappa shape index (κ3) is 3.36. The molecule has 0 aliphatic rings. The summed E-state index contributed by atoms with van der Waals surface area (Å²) in [6.07, 6.45) is 1.97.